The maximum absolute atomic E-state index is 4.34. The predicted molar refractivity (Wildman–Crippen MR) is 128 cm³/mol. The number of hydrogen-bond donors (Lipinski definition) is 1. The Kier molecular flexibility index (Phi) is 5.90. The van der Waals surface area contributed by atoms with Crippen molar-refractivity contribution in [2.75, 3.05) is 10.3 Å². The van der Waals surface area contributed by atoms with Gasteiger partial charge in [0, 0.05) is 17.1 Å². The average molecular weight is 392 g/mol. The van der Waals surface area contributed by atoms with E-state index in [2.05, 4.69) is 102 Å². The molecule has 0 saturated heterocycles. The Morgan fingerprint density at radius 2 is 1.23 bits per heavy atom. The first-order valence-electron chi connectivity index (χ1n) is 10.1. The van der Waals surface area contributed by atoms with Crippen molar-refractivity contribution in [1.29, 1.82) is 0 Å². The minimum Gasteiger partial charge on any atom is -0.310 e. The van der Waals surface area contributed by atoms with Crippen molar-refractivity contribution in [1.82, 2.24) is 0 Å². The molecule has 30 heavy (non-hydrogen) atoms. The molecule has 4 aromatic carbocycles. The van der Waals surface area contributed by atoms with Crippen LogP contribution < -0.4 is 10.3 Å². The molecule has 4 aromatic rings. The van der Waals surface area contributed by atoms with Crippen LogP contribution in [-0.2, 0) is 0 Å². The van der Waals surface area contributed by atoms with E-state index in [-0.39, 0.29) is 0 Å². The molecule has 0 aromatic heterocycles. The number of nitrogens with one attached hydrogen (secondary N) is 1. The quantitative estimate of drug-likeness (QED) is 0.277. The minimum atomic E-state index is 0.968. The molecule has 0 atom stereocenters. The molecule has 3 nitrogen and oxygen atoms in total. The molecule has 0 bridgehead atoms. The number of para-hydroxylation sites is 1. The van der Waals surface area contributed by atoms with Crippen molar-refractivity contribution >= 4 is 29.0 Å². The molecule has 4 rings (SSSR count). The van der Waals surface area contributed by atoms with E-state index in [1.807, 2.05) is 36.5 Å². The highest BCUT2D eigenvalue weighted by molar-refractivity contribution is 5.83. The molecule has 0 heterocycles. The van der Waals surface area contributed by atoms with Crippen molar-refractivity contribution in [3.8, 4) is 0 Å². The fourth-order valence-corrected chi connectivity index (χ4v) is 3.38. The van der Waals surface area contributed by atoms with Gasteiger partial charge in [0.15, 0.2) is 0 Å². The summed E-state index contributed by atoms with van der Waals surface area (Å²) in [4.78, 5) is 2.28. The molecule has 0 spiro atoms. The van der Waals surface area contributed by atoms with E-state index in [0.717, 1.165) is 28.3 Å². The molecule has 148 valence electrons. The van der Waals surface area contributed by atoms with Crippen molar-refractivity contribution in [2.24, 2.45) is 5.10 Å². The zero-order valence-electron chi connectivity index (χ0n) is 17.3. The molecule has 1 N–H and O–H groups in total. The van der Waals surface area contributed by atoms with E-state index in [1.54, 1.807) is 0 Å². The third-order valence-electron chi connectivity index (χ3n) is 4.85. The van der Waals surface area contributed by atoms with E-state index in [4.69, 9.17) is 0 Å². The SMILES string of the molecule is Cc1cccc(N(c2ccc(C=NNc3ccccc3)cc2)c2cccc(C)c2)c1. The predicted octanol–water partition coefficient (Wildman–Crippen LogP) is 7.22. The maximum Gasteiger partial charge on any atom is 0.0561 e. The van der Waals surface area contributed by atoms with Gasteiger partial charge >= 0.3 is 0 Å². The number of benzene rings is 4. The van der Waals surface area contributed by atoms with Crippen LogP contribution in [0.15, 0.2) is 108 Å². The highest BCUT2D eigenvalue weighted by atomic mass is 15.3. The van der Waals surface area contributed by atoms with Crippen molar-refractivity contribution in [3.05, 3.63) is 120 Å². The molecular formula is C27H25N3. The summed E-state index contributed by atoms with van der Waals surface area (Å²) in [5, 5.41) is 4.34. The second-order valence-electron chi connectivity index (χ2n) is 7.34. The first kappa shape index (κ1) is 19.5. The van der Waals surface area contributed by atoms with Crippen LogP contribution in [0.1, 0.15) is 16.7 Å². The standard InChI is InChI=1S/C27H25N3/c1-21-8-6-12-26(18-21)30(27-13-7-9-22(2)19-27)25-16-14-23(15-17-25)20-28-29-24-10-4-3-5-11-24/h3-20,29H,1-2H3. The summed E-state index contributed by atoms with van der Waals surface area (Å²) >= 11 is 0. The summed E-state index contributed by atoms with van der Waals surface area (Å²) in [6.07, 6.45) is 1.83. The molecule has 0 aliphatic carbocycles. The number of nitrogens with zero attached hydrogens (tertiary/aromatic N) is 2. The maximum atomic E-state index is 4.34. The molecule has 0 saturated carbocycles. The first-order chi connectivity index (χ1) is 14.7. The number of rotatable bonds is 6. The van der Waals surface area contributed by atoms with E-state index >= 15 is 0 Å². The smallest absolute Gasteiger partial charge is 0.0561 e. The first-order valence-corrected chi connectivity index (χ1v) is 10.1. The van der Waals surface area contributed by atoms with Gasteiger partial charge in [0.1, 0.15) is 0 Å². The van der Waals surface area contributed by atoms with Gasteiger partial charge in [0.2, 0.25) is 0 Å². The van der Waals surface area contributed by atoms with Gasteiger partial charge in [-0.3, -0.25) is 5.43 Å². The van der Waals surface area contributed by atoms with Gasteiger partial charge in [-0.15, -0.1) is 0 Å². The molecule has 0 fully saturated rings. The van der Waals surface area contributed by atoms with Crippen LogP contribution in [0.4, 0.5) is 22.7 Å². The number of anilines is 4. The van der Waals surface area contributed by atoms with Crippen molar-refractivity contribution < 1.29 is 0 Å². The highest BCUT2D eigenvalue weighted by Crippen LogP contribution is 2.35. The van der Waals surface area contributed by atoms with Gasteiger partial charge in [0.25, 0.3) is 0 Å². The second-order valence-corrected chi connectivity index (χ2v) is 7.34. The largest absolute Gasteiger partial charge is 0.310 e. The summed E-state index contributed by atoms with van der Waals surface area (Å²) in [7, 11) is 0. The minimum absolute atomic E-state index is 0.968. The number of hydrazone groups is 1. The van der Waals surface area contributed by atoms with Crippen LogP contribution in [0.3, 0.4) is 0 Å². The second kappa shape index (κ2) is 9.10. The summed E-state index contributed by atoms with van der Waals surface area (Å²) in [5.74, 6) is 0. The Morgan fingerprint density at radius 3 is 1.80 bits per heavy atom. The van der Waals surface area contributed by atoms with Crippen molar-refractivity contribution in [2.45, 2.75) is 13.8 Å². The summed E-state index contributed by atoms with van der Waals surface area (Å²) < 4.78 is 0. The number of hydrogen-bond acceptors (Lipinski definition) is 3. The van der Waals surface area contributed by atoms with Gasteiger partial charge in [-0.05, 0) is 79.1 Å². The van der Waals surface area contributed by atoms with Crippen LogP contribution in [0.25, 0.3) is 0 Å². The molecule has 0 aliphatic heterocycles. The topological polar surface area (TPSA) is 27.6 Å². The summed E-state index contributed by atoms with van der Waals surface area (Å²) in [6.45, 7) is 4.24. The third kappa shape index (κ3) is 4.76. The van der Waals surface area contributed by atoms with Crippen LogP contribution in [0.2, 0.25) is 0 Å². The van der Waals surface area contributed by atoms with Crippen LogP contribution in [0.5, 0.6) is 0 Å². The lowest BCUT2D eigenvalue weighted by Crippen LogP contribution is -2.10. The Morgan fingerprint density at radius 1 is 0.633 bits per heavy atom. The average Bonchev–Trinajstić information content (AvgIpc) is 2.76. The van der Waals surface area contributed by atoms with E-state index in [0.29, 0.717) is 0 Å². The Bertz CT molecular complexity index is 1090. The molecule has 0 amide bonds. The Labute approximate surface area is 178 Å². The zero-order chi connectivity index (χ0) is 20.8. The van der Waals surface area contributed by atoms with Crippen LogP contribution in [-0.4, -0.2) is 6.21 Å². The van der Waals surface area contributed by atoms with Gasteiger partial charge in [-0.1, -0.05) is 54.6 Å². The monoisotopic (exact) mass is 391 g/mol. The molecule has 3 heteroatoms. The van der Waals surface area contributed by atoms with Crippen molar-refractivity contribution in [3.63, 3.8) is 0 Å². The summed E-state index contributed by atoms with van der Waals surface area (Å²) in [6, 6.07) is 35.5. The fraction of sp³-hybridized carbons (Fsp3) is 0.0741. The Hall–Kier alpha value is -3.85. The lowest BCUT2D eigenvalue weighted by atomic mass is 10.1. The highest BCUT2D eigenvalue weighted by Gasteiger charge is 2.12. The summed E-state index contributed by atoms with van der Waals surface area (Å²) in [5.41, 5.74) is 10.9. The van der Waals surface area contributed by atoms with E-state index < -0.39 is 0 Å². The normalized spacial score (nSPS) is 10.9. The molecular weight excluding hydrogens is 366 g/mol. The zero-order valence-corrected chi connectivity index (χ0v) is 17.3. The van der Waals surface area contributed by atoms with E-state index in [1.165, 1.54) is 11.1 Å². The lowest BCUT2D eigenvalue weighted by Gasteiger charge is -2.26. The fourth-order valence-electron chi connectivity index (χ4n) is 3.38. The molecule has 0 radical (unpaired) electrons. The van der Waals surface area contributed by atoms with Gasteiger partial charge < -0.3 is 4.90 Å². The third-order valence-corrected chi connectivity index (χ3v) is 4.85. The lowest BCUT2D eigenvalue weighted by molar-refractivity contribution is 1.26. The van der Waals surface area contributed by atoms with Gasteiger partial charge in [0.05, 0.1) is 11.9 Å². The van der Waals surface area contributed by atoms with Crippen LogP contribution >= 0.6 is 0 Å². The Balaban J connectivity index is 1.61. The molecule has 0 unspecified atom stereocenters. The van der Waals surface area contributed by atoms with Gasteiger partial charge in [-0.25, -0.2) is 0 Å². The molecule has 0 aliphatic rings. The van der Waals surface area contributed by atoms with E-state index in [9.17, 15) is 0 Å². The number of aryl methyl sites for hydroxylation is 2. The van der Waals surface area contributed by atoms with Crippen LogP contribution in [0, 0.1) is 13.8 Å². The van der Waals surface area contributed by atoms with Gasteiger partial charge in [-0.2, -0.15) is 5.10 Å².